The summed E-state index contributed by atoms with van der Waals surface area (Å²) in [6.45, 7) is 1.43. The molecule has 0 spiro atoms. The van der Waals surface area contributed by atoms with Crippen LogP contribution in [0.15, 0.2) is 48.5 Å². The van der Waals surface area contributed by atoms with E-state index in [4.69, 9.17) is 10.3 Å². The first-order valence-corrected chi connectivity index (χ1v) is 8.41. The minimum atomic E-state index is -1.71. The van der Waals surface area contributed by atoms with Crippen molar-refractivity contribution in [3.05, 3.63) is 54.1 Å². The fourth-order valence-electron chi connectivity index (χ4n) is 1.97. The maximum atomic E-state index is 10.5. The Labute approximate surface area is 133 Å². The van der Waals surface area contributed by atoms with E-state index in [9.17, 15) is 4.21 Å². The molecule has 0 saturated heterocycles. The van der Waals surface area contributed by atoms with Crippen LogP contribution in [0.4, 0.5) is 17.1 Å². The lowest BCUT2D eigenvalue weighted by molar-refractivity contribution is 0.562. The van der Waals surface area contributed by atoms with Crippen molar-refractivity contribution in [1.82, 2.24) is 0 Å². The van der Waals surface area contributed by atoms with Gasteiger partial charge in [0.25, 0.3) is 0 Å². The van der Waals surface area contributed by atoms with Crippen LogP contribution in [-0.4, -0.2) is 21.1 Å². The number of hydrogen-bond donors (Lipinski definition) is 4. The number of nitrogen functional groups attached to an aromatic ring is 1. The number of hydrogen-bond acceptors (Lipinski definition) is 4. The maximum Gasteiger partial charge on any atom is 0.152 e. The molecule has 0 bridgehead atoms. The lowest BCUT2D eigenvalue weighted by Gasteiger charge is -2.09. The van der Waals surface area contributed by atoms with Gasteiger partial charge in [-0.05, 0) is 48.4 Å². The van der Waals surface area contributed by atoms with Crippen molar-refractivity contribution in [3.8, 4) is 0 Å². The molecule has 0 aliphatic carbocycles. The molecule has 22 heavy (non-hydrogen) atoms. The fraction of sp³-hybridized carbons (Fsp3) is 0.250. The predicted molar refractivity (Wildman–Crippen MR) is 93.4 cm³/mol. The van der Waals surface area contributed by atoms with Crippen LogP contribution < -0.4 is 16.4 Å². The Morgan fingerprint density at radius 2 is 1.55 bits per heavy atom. The van der Waals surface area contributed by atoms with Gasteiger partial charge in [0.05, 0.1) is 5.75 Å². The zero-order valence-electron chi connectivity index (χ0n) is 12.3. The summed E-state index contributed by atoms with van der Waals surface area (Å²) in [5.74, 6) is 0.300. The highest BCUT2D eigenvalue weighted by Gasteiger charge is 1.97. The second-order valence-electron chi connectivity index (χ2n) is 4.98. The average Bonchev–Trinajstić information content (AvgIpc) is 2.52. The Hall–Kier alpha value is -2.05. The molecular formula is C16H21N3O2S. The van der Waals surface area contributed by atoms with E-state index in [1.165, 1.54) is 5.56 Å². The lowest BCUT2D eigenvalue weighted by Crippen LogP contribution is -2.06. The van der Waals surface area contributed by atoms with Gasteiger partial charge < -0.3 is 20.9 Å². The highest BCUT2D eigenvalue weighted by Crippen LogP contribution is 2.15. The molecule has 0 amide bonds. The SMILES string of the molecule is Nc1ccc(CNc2ccc(NCCCS(=O)O)cc2)cc1. The van der Waals surface area contributed by atoms with Crippen LogP contribution in [0.5, 0.6) is 0 Å². The molecule has 0 fully saturated rings. The molecule has 2 rings (SSSR count). The van der Waals surface area contributed by atoms with Gasteiger partial charge in [-0.2, -0.15) is 0 Å². The van der Waals surface area contributed by atoms with Gasteiger partial charge in [-0.1, -0.05) is 12.1 Å². The first-order chi connectivity index (χ1) is 10.6. The molecule has 0 aliphatic heterocycles. The average molecular weight is 319 g/mol. The first-order valence-electron chi connectivity index (χ1n) is 7.13. The third-order valence-electron chi connectivity index (χ3n) is 3.19. The summed E-state index contributed by atoms with van der Waals surface area (Å²) in [5, 5.41) is 6.57. The quantitative estimate of drug-likeness (QED) is 0.341. The monoisotopic (exact) mass is 319 g/mol. The van der Waals surface area contributed by atoms with Crippen molar-refractivity contribution in [2.45, 2.75) is 13.0 Å². The van der Waals surface area contributed by atoms with E-state index >= 15 is 0 Å². The molecule has 5 nitrogen and oxygen atoms in total. The zero-order valence-corrected chi connectivity index (χ0v) is 13.1. The van der Waals surface area contributed by atoms with Crippen LogP contribution >= 0.6 is 0 Å². The van der Waals surface area contributed by atoms with E-state index in [1.54, 1.807) is 0 Å². The Morgan fingerprint density at radius 3 is 2.14 bits per heavy atom. The van der Waals surface area contributed by atoms with Crippen molar-refractivity contribution in [2.75, 3.05) is 28.7 Å². The number of nitrogens with two attached hydrogens (primary N) is 1. The van der Waals surface area contributed by atoms with Crippen molar-refractivity contribution >= 4 is 28.1 Å². The summed E-state index contributed by atoms with van der Waals surface area (Å²) in [6.07, 6.45) is 0.667. The van der Waals surface area contributed by atoms with E-state index in [0.717, 1.165) is 23.6 Å². The highest BCUT2D eigenvalue weighted by molar-refractivity contribution is 7.79. The molecule has 0 aliphatic rings. The Kier molecular flexibility index (Phi) is 6.24. The third-order valence-corrected chi connectivity index (χ3v) is 3.82. The topological polar surface area (TPSA) is 87.4 Å². The fourth-order valence-corrected chi connectivity index (χ4v) is 2.37. The Bertz CT molecular complexity index is 600. The predicted octanol–water partition coefficient (Wildman–Crippen LogP) is 2.90. The first kappa shape index (κ1) is 16.3. The standard InChI is InChI=1S/C16H21N3O2S/c17-14-4-2-13(3-5-14)12-19-16-8-6-15(7-9-16)18-10-1-11-22(20)21/h2-9,18-19H,1,10-12,17H2,(H,20,21). The molecule has 1 atom stereocenters. The summed E-state index contributed by atoms with van der Waals surface area (Å²) in [5.41, 5.74) is 9.64. The highest BCUT2D eigenvalue weighted by atomic mass is 32.2. The van der Waals surface area contributed by atoms with Gasteiger partial charge in [-0.3, -0.25) is 0 Å². The largest absolute Gasteiger partial charge is 0.399 e. The molecule has 5 N–H and O–H groups in total. The Balaban J connectivity index is 1.76. The molecule has 2 aromatic rings. The van der Waals surface area contributed by atoms with E-state index in [2.05, 4.69) is 10.6 Å². The summed E-state index contributed by atoms with van der Waals surface area (Å²) in [6, 6.07) is 15.8. The van der Waals surface area contributed by atoms with E-state index in [1.807, 2.05) is 48.5 Å². The number of nitrogens with one attached hydrogen (secondary N) is 2. The van der Waals surface area contributed by atoms with Gasteiger partial charge in [0.1, 0.15) is 0 Å². The van der Waals surface area contributed by atoms with Gasteiger partial charge in [0.15, 0.2) is 11.1 Å². The summed E-state index contributed by atoms with van der Waals surface area (Å²) in [7, 11) is 0. The second kappa shape index (κ2) is 8.41. The summed E-state index contributed by atoms with van der Waals surface area (Å²) < 4.78 is 19.2. The van der Waals surface area contributed by atoms with Gasteiger partial charge >= 0.3 is 0 Å². The van der Waals surface area contributed by atoms with Crippen LogP contribution in [0.3, 0.4) is 0 Å². The second-order valence-corrected chi connectivity index (χ2v) is 6.03. The van der Waals surface area contributed by atoms with Crippen molar-refractivity contribution < 1.29 is 8.76 Å². The van der Waals surface area contributed by atoms with E-state index in [-0.39, 0.29) is 0 Å². The molecule has 118 valence electrons. The molecule has 1 unspecified atom stereocenters. The minimum absolute atomic E-state index is 0.300. The van der Waals surface area contributed by atoms with Gasteiger partial charge in [-0.25, -0.2) is 4.21 Å². The van der Waals surface area contributed by atoms with Gasteiger partial charge in [-0.15, -0.1) is 0 Å². The van der Waals surface area contributed by atoms with Crippen LogP contribution in [0.25, 0.3) is 0 Å². The molecule has 2 aromatic carbocycles. The number of benzene rings is 2. The van der Waals surface area contributed by atoms with Crippen LogP contribution in [0.1, 0.15) is 12.0 Å². The number of rotatable bonds is 8. The lowest BCUT2D eigenvalue weighted by atomic mass is 10.2. The van der Waals surface area contributed by atoms with Gasteiger partial charge in [0, 0.05) is 30.2 Å². The molecule has 0 heterocycles. The summed E-state index contributed by atoms with van der Waals surface area (Å²) in [4.78, 5) is 0. The van der Waals surface area contributed by atoms with E-state index in [0.29, 0.717) is 18.7 Å². The third kappa shape index (κ3) is 5.75. The van der Waals surface area contributed by atoms with Crippen LogP contribution in [0.2, 0.25) is 0 Å². The summed E-state index contributed by atoms with van der Waals surface area (Å²) >= 11 is -1.71. The maximum absolute atomic E-state index is 10.5. The van der Waals surface area contributed by atoms with Crippen molar-refractivity contribution in [2.24, 2.45) is 0 Å². The minimum Gasteiger partial charge on any atom is -0.399 e. The number of anilines is 3. The zero-order chi connectivity index (χ0) is 15.8. The molecule has 6 heteroatoms. The Morgan fingerprint density at radius 1 is 0.955 bits per heavy atom. The van der Waals surface area contributed by atoms with Crippen LogP contribution in [0, 0.1) is 0 Å². The van der Waals surface area contributed by atoms with Crippen LogP contribution in [-0.2, 0) is 17.6 Å². The molecule has 0 aromatic heterocycles. The normalized spacial score (nSPS) is 11.9. The smallest absolute Gasteiger partial charge is 0.152 e. The van der Waals surface area contributed by atoms with Crippen molar-refractivity contribution in [1.29, 1.82) is 0 Å². The van der Waals surface area contributed by atoms with Gasteiger partial charge in [0.2, 0.25) is 0 Å². The van der Waals surface area contributed by atoms with Crippen molar-refractivity contribution in [3.63, 3.8) is 0 Å². The molecule has 0 saturated carbocycles. The van der Waals surface area contributed by atoms with E-state index < -0.39 is 11.1 Å². The molecular weight excluding hydrogens is 298 g/mol. The molecule has 0 radical (unpaired) electrons.